The van der Waals surface area contributed by atoms with E-state index in [4.69, 9.17) is 28.2 Å². The first-order valence-electron chi connectivity index (χ1n) is 10.6. The van der Waals surface area contributed by atoms with Gasteiger partial charge in [-0.1, -0.05) is 34.5 Å². The first-order chi connectivity index (χ1) is 15.8. The number of aryl methyl sites for hydroxylation is 3. The second-order valence-electron chi connectivity index (χ2n) is 7.81. The van der Waals surface area contributed by atoms with Gasteiger partial charge in [-0.05, 0) is 68.8 Å². The quantitative estimate of drug-likeness (QED) is 0.237. The monoisotopic (exact) mass is 518 g/mol. The van der Waals surface area contributed by atoms with Crippen molar-refractivity contribution in [2.75, 3.05) is 17.2 Å². The van der Waals surface area contributed by atoms with Crippen molar-refractivity contribution in [3.05, 3.63) is 69.5 Å². The van der Waals surface area contributed by atoms with Crippen molar-refractivity contribution in [3.8, 4) is 0 Å². The highest BCUT2D eigenvalue weighted by molar-refractivity contribution is 7.99. The smallest absolute Gasteiger partial charge is 0.229 e. The van der Waals surface area contributed by atoms with Gasteiger partial charge in [0.25, 0.3) is 0 Å². The van der Waals surface area contributed by atoms with Crippen LogP contribution in [0.25, 0.3) is 10.2 Å². The van der Waals surface area contributed by atoms with Gasteiger partial charge in [-0.25, -0.2) is 4.98 Å². The van der Waals surface area contributed by atoms with Gasteiger partial charge in [-0.15, -0.1) is 11.8 Å². The fraction of sp³-hybridized carbons (Fsp3) is 0.292. The van der Waals surface area contributed by atoms with Crippen molar-refractivity contribution in [1.29, 1.82) is 0 Å². The third-order valence-electron chi connectivity index (χ3n) is 5.21. The molecule has 4 rings (SSSR count). The van der Waals surface area contributed by atoms with E-state index < -0.39 is 0 Å². The molecule has 172 valence electrons. The number of hydrogen-bond acceptors (Lipinski definition) is 5. The Morgan fingerprint density at radius 2 is 1.85 bits per heavy atom. The zero-order valence-electron chi connectivity index (χ0n) is 18.6. The Kier molecular flexibility index (Phi) is 7.64. The summed E-state index contributed by atoms with van der Waals surface area (Å²) in [7, 11) is 0. The molecular formula is C24H24Cl2N4OS2. The van der Waals surface area contributed by atoms with E-state index in [0.29, 0.717) is 40.4 Å². The second-order valence-corrected chi connectivity index (χ2v) is 10.9. The van der Waals surface area contributed by atoms with Gasteiger partial charge in [0, 0.05) is 39.4 Å². The predicted molar refractivity (Wildman–Crippen MR) is 140 cm³/mol. The van der Waals surface area contributed by atoms with E-state index in [9.17, 15) is 4.79 Å². The summed E-state index contributed by atoms with van der Waals surface area (Å²) in [5, 5.41) is 6.62. The molecule has 2 aromatic heterocycles. The molecule has 0 bridgehead atoms. The fourth-order valence-electron chi connectivity index (χ4n) is 3.60. The van der Waals surface area contributed by atoms with Crippen LogP contribution in [-0.2, 0) is 11.3 Å². The summed E-state index contributed by atoms with van der Waals surface area (Å²) in [5.74, 6) is 0.716. The molecule has 0 unspecified atom stereocenters. The maximum absolute atomic E-state index is 13.3. The predicted octanol–water partition coefficient (Wildman–Crippen LogP) is 6.94. The van der Waals surface area contributed by atoms with E-state index in [1.165, 1.54) is 11.3 Å². The first-order valence-corrected chi connectivity index (χ1v) is 13.1. The van der Waals surface area contributed by atoms with E-state index in [-0.39, 0.29) is 5.91 Å². The van der Waals surface area contributed by atoms with E-state index in [0.717, 1.165) is 32.1 Å². The first kappa shape index (κ1) is 24.1. The van der Waals surface area contributed by atoms with Gasteiger partial charge >= 0.3 is 0 Å². The molecule has 2 heterocycles. The third kappa shape index (κ3) is 5.90. The highest BCUT2D eigenvalue weighted by Gasteiger charge is 2.21. The molecule has 5 nitrogen and oxygen atoms in total. The molecule has 0 radical (unpaired) electrons. The summed E-state index contributed by atoms with van der Waals surface area (Å²) in [5.41, 5.74) is 3.93. The van der Waals surface area contributed by atoms with Crippen LogP contribution < -0.4 is 4.90 Å². The zero-order chi connectivity index (χ0) is 23.5. The molecule has 0 spiro atoms. The van der Waals surface area contributed by atoms with Crippen molar-refractivity contribution in [1.82, 2.24) is 14.8 Å². The molecule has 0 N–H and O–H groups in total. The number of fused-ring (bicyclic) bond motifs is 1. The lowest BCUT2D eigenvalue weighted by atomic mass is 10.2. The number of amides is 1. The van der Waals surface area contributed by atoms with Crippen molar-refractivity contribution in [3.63, 3.8) is 0 Å². The van der Waals surface area contributed by atoms with Gasteiger partial charge in [0.1, 0.15) is 0 Å². The summed E-state index contributed by atoms with van der Waals surface area (Å²) in [6.45, 7) is 7.09. The molecule has 0 fully saturated rings. The molecule has 0 aliphatic heterocycles. The van der Waals surface area contributed by atoms with Gasteiger partial charge in [0.2, 0.25) is 5.91 Å². The number of nitrogens with zero attached hydrogens (tertiary/aromatic N) is 4. The standard InChI is InChI=1S/C24H24Cl2N4OS2/c1-15-12-19(26)14-21-23(15)27-24(33-21)29(9-10-30-17(3)13-16(2)28-30)22(31)8-11-32-20-6-4-18(25)5-7-20/h4-7,12-14H,8-11H2,1-3H3. The Bertz CT molecular complexity index is 1280. The van der Waals surface area contributed by atoms with Gasteiger partial charge in [-0.3, -0.25) is 14.4 Å². The van der Waals surface area contributed by atoms with Crippen LogP contribution in [0, 0.1) is 20.8 Å². The van der Waals surface area contributed by atoms with Crippen molar-refractivity contribution < 1.29 is 4.79 Å². The summed E-state index contributed by atoms with van der Waals surface area (Å²) in [4.78, 5) is 21.0. The van der Waals surface area contributed by atoms with Crippen LogP contribution in [0.5, 0.6) is 0 Å². The molecule has 0 aliphatic carbocycles. The van der Waals surface area contributed by atoms with Crippen molar-refractivity contribution in [2.24, 2.45) is 0 Å². The van der Waals surface area contributed by atoms with Crippen LogP contribution in [0.2, 0.25) is 10.0 Å². The molecule has 1 amide bonds. The number of anilines is 1. The average Bonchev–Trinajstić information content (AvgIpc) is 3.32. The number of halogens is 2. The number of carbonyl (C=O) groups is 1. The Labute approximate surface area is 211 Å². The lowest BCUT2D eigenvalue weighted by molar-refractivity contribution is -0.118. The Hall–Kier alpha value is -2.06. The highest BCUT2D eigenvalue weighted by atomic mass is 35.5. The number of thiazole rings is 1. The molecule has 2 aromatic carbocycles. The summed E-state index contributed by atoms with van der Waals surface area (Å²) in [6.07, 6.45) is 0.403. The SMILES string of the molecule is Cc1cc(C)n(CCN(C(=O)CCSc2ccc(Cl)cc2)c2nc3c(C)cc(Cl)cc3s2)n1. The van der Waals surface area contributed by atoms with Crippen LogP contribution >= 0.6 is 46.3 Å². The second kappa shape index (κ2) is 10.5. The fourth-order valence-corrected chi connectivity index (χ4v) is 6.03. The summed E-state index contributed by atoms with van der Waals surface area (Å²) < 4.78 is 2.92. The Balaban J connectivity index is 1.53. The van der Waals surface area contributed by atoms with Crippen LogP contribution in [0.3, 0.4) is 0 Å². The Morgan fingerprint density at radius 1 is 1.09 bits per heavy atom. The Morgan fingerprint density at radius 3 is 2.55 bits per heavy atom. The molecule has 9 heteroatoms. The van der Waals surface area contributed by atoms with E-state index in [2.05, 4.69) is 5.10 Å². The van der Waals surface area contributed by atoms with Crippen LogP contribution in [-0.4, -0.2) is 33.0 Å². The minimum atomic E-state index is 0.0424. The normalized spacial score (nSPS) is 11.3. The maximum atomic E-state index is 13.3. The van der Waals surface area contributed by atoms with Crippen molar-refractivity contribution >= 4 is 67.6 Å². The van der Waals surface area contributed by atoms with Gasteiger partial charge in [0.15, 0.2) is 5.13 Å². The van der Waals surface area contributed by atoms with Crippen molar-refractivity contribution in [2.45, 2.75) is 38.6 Å². The maximum Gasteiger partial charge on any atom is 0.229 e. The topological polar surface area (TPSA) is 51.0 Å². The molecule has 0 aliphatic rings. The van der Waals surface area contributed by atoms with Gasteiger partial charge in [0.05, 0.1) is 22.5 Å². The number of hydrogen-bond donors (Lipinski definition) is 0. The van der Waals surface area contributed by atoms with E-state index >= 15 is 0 Å². The zero-order valence-corrected chi connectivity index (χ0v) is 21.8. The van der Waals surface area contributed by atoms with Gasteiger partial charge in [-0.2, -0.15) is 5.10 Å². The highest BCUT2D eigenvalue weighted by Crippen LogP contribution is 2.33. The number of rotatable bonds is 8. The van der Waals surface area contributed by atoms with Crippen LogP contribution in [0.4, 0.5) is 5.13 Å². The van der Waals surface area contributed by atoms with E-state index in [1.54, 1.807) is 16.7 Å². The summed E-state index contributed by atoms with van der Waals surface area (Å²) >= 11 is 15.4. The molecule has 0 atom stereocenters. The van der Waals surface area contributed by atoms with Crippen LogP contribution in [0.15, 0.2) is 47.4 Å². The lowest BCUT2D eigenvalue weighted by Crippen LogP contribution is -2.34. The molecular weight excluding hydrogens is 495 g/mol. The molecule has 33 heavy (non-hydrogen) atoms. The number of benzene rings is 2. The largest absolute Gasteiger partial charge is 0.286 e. The number of aromatic nitrogens is 3. The third-order valence-corrected chi connectivity index (χ3v) is 7.72. The van der Waals surface area contributed by atoms with E-state index in [1.807, 2.05) is 67.9 Å². The minimum Gasteiger partial charge on any atom is -0.286 e. The summed E-state index contributed by atoms with van der Waals surface area (Å²) in [6, 6.07) is 13.5. The number of thioether (sulfide) groups is 1. The van der Waals surface area contributed by atoms with Gasteiger partial charge < -0.3 is 0 Å². The molecule has 0 saturated carbocycles. The molecule has 0 saturated heterocycles. The number of carbonyl (C=O) groups excluding carboxylic acids is 1. The lowest BCUT2D eigenvalue weighted by Gasteiger charge is -2.20. The van der Waals surface area contributed by atoms with Crippen LogP contribution in [0.1, 0.15) is 23.4 Å². The minimum absolute atomic E-state index is 0.0424. The average molecular weight is 520 g/mol. The molecule has 4 aromatic rings.